The molecule has 0 amide bonds. The zero-order valence-corrected chi connectivity index (χ0v) is 13.2. The van der Waals surface area contributed by atoms with Crippen molar-refractivity contribution in [3.05, 3.63) is 16.5 Å². The minimum absolute atomic E-state index is 0.149. The number of hydrogen-bond acceptors (Lipinski definition) is 3. The summed E-state index contributed by atoms with van der Waals surface area (Å²) in [4.78, 5) is 0.179. The lowest BCUT2D eigenvalue weighted by Crippen LogP contribution is -2.33. The van der Waals surface area contributed by atoms with E-state index >= 15 is 0 Å². The summed E-state index contributed by atoms with van der Waals surface area (Å²) in [5.41, 5.74) is 0. The molecule has 1 aromatic rings. The first kappa shape index (κ1) is 14.4. The Morgan fingerprint density at radius 1 is 1.56 bits per heavy atom. The smallest absolute Gasteiger partial charge is 0.247 e. The van der Waals surface area contributed by atoms with Crippen LogP contribution in [0.2, 0.25) is 0 Å². The molecule has 4 nitrogen and oxygen atoms in total. The van der Waals surface area contributed by atoms with E-state index in [0.717, 1.165) is 19.3 Å². The Labute approximate surface area is 120 Å². The summed E-state index contributed by atoms with van der Waals surface area (Å²) < 4.78 is 32.2. The van der Waals surface area contributed by atoms with Gasteiger partial charge in [0.05, 0.1) is 5.88 Å². The van der Waals surface area contributed by atoms with Crippen molar-refractivity contribution in [3.8, 4) is 0 Å². The van der Waals surface area contributed by atoms with Crippen LogP contribution in [0.1, 0.15) is 31.9 Å². The standard InChI is InChI=1S/C11H15BrClNO3S/c1-2-5-14(8-3-4-8)18(15,16)10-6-9(7-13)17-11(10)12/h6,8H,2-5,7H2,1H3. The summed E-state index contributed by atoms with van der Waals surface area (Å²) in [6.07, 6.45) is 2.68. The van der Waals surface area contributed by atoms with Gasteiger partial charge in [-0.25, -0.2) is 8.42 Å². The number of nitrogens with zero attached hydrogens (tertiary/aromatic N) is 1. The fraction of sp³-hybridized carbons (Fsp3) is 0.636. The highest BCUT2D eigenvalue weighted by molar-refractivity contribution is 9.10. The van der Waals surface area contributed by atoms with E-state index in [1.165, 1.54) is 6.07 Å². The molecule has 0 aromatic carbocycles. The first-order valence-corrected chi connectivity index (χ1v) is 8.63. The maximum atomic E-state index is 12.5. The van der Waals surface area contributed by atoms with E-state index in [0.29, 0.717) is 12.3 Å². The van der Waals surface area contributed by atoms with Crippen molar-refractivity contribution in [3.63, 3.8) is 0 Å². The molecule has 1 aliphatic rings. The van der Waals surface area contributed by atoms with E-state index in [1.807, 2.05) is 6.92 Å². The molecule has 7 heteroatoms. The maximum absolute atomic E-state index is 12.5. The molecule has 18 heavy (non-hydrogen) atoms. The Balaban J connectivity index is 2.35. The first-order valence-electron chi connectivity index (χ1n) is 5.86. The van der Waals surface area contributed by atoms with Crippen LogP contribution >= 0.6 is 27.5 Å². The van der Waals surface area contributed by atoms with Crippen LogP contribution in [0.15, 0.2) is 20.0 Å². The third-order valence-electron chi connectivity index (χ3n) is 2.82. The Kier molecular flexibility index (Phi) is 4.41. The largest absolute Gasteiger partial charge is 0.452 e. The average molecular weight is 357 g/mol. The van der Waals surface area contributed by atoms with Gasteiger partial charge in [-0.2, -0.15) is 4.31 Å². The van der Waals surface area contributed by atoms with Gasteiger partial charge in [-0.05, 0) is 35.2 Å². The quantitative estimate of drug-likeness (QED) is 0.735. The number of hydrogen-bond donors (Lipinski definition) is 0. The monoisotopic (exact) mass is 355 g/mol. The molecule has 0 spiro atoms. The highest BCUT2D eigenvalue weighted by Crippen LogP contribution is 2.35. The van der Waals surface area contributed by atoms with Gasteiger partial charge in [-0.1, -0.05) is 6.92 Å². The molecular weight excluding hydrogens is 342 g/mol. The molecule has 1 heterocycles. The third kappa shape index (κ3) is 2.76. The van der Waals surface area contributed by atoms with Gasteiger partial charge in [-0.3, -0.25) is 0 Å². The van der Waals surface area contributed by atoms with Crippen molar-refractivity contribution < 1.29 is 12.8 Å². The zero-order chi connectivity index (χ0) is 13.3. The second-order valence-corrected chi connectivity index (χ2v) is 7.18. The normalized spacial score (nSPS) is 16.4. The van der Waals surface area contributed by atoms with E-state index in [9.17, 15) is 8.42 Å². The molecule has 2 rings (SSSR count). The highest BCUT2D eigenvalue weighted by Gasteiger charge is 2.39. The number of rotatable bonds is 6. The van der Waals surface area contributed by atoms with Gasteiger partial charge in [-0.15, -0.1) is 11.6 Å². The molecular formula is C11H15BrClNO3S. The van der Waals surface area contributed by atoms with Crippen LogP contribution in [-0.2, 0) is 15.9 Å². The summed E-state index contributed by atoms with van der Waals surface area (Å²) in [5.74, 6) is 0.611. The molecule has 0 unspecified atom stereocenters. The Hall–Kier alpha value is -0.0400. The summed E-state index contributed by atoms with van der Waals surface area (Å²) in [7, 11) is -3.49. The van der Waals surface area contributed by atoms with Crippen molar-refractivity contribution in [1.82, 2.24) is 4.31 Å². The minimum atomic E-state index is -3.49. The molecule has 1 aliphatic carbocycles. The Morgan fingerprint density at radius 3 is 2.67 bits per heavy atom. The van der Waals surface area contributed by atoms with E-state index in [4.69, 9.17) is 16.0 Å². The number of alkyl halides is 1. The second-order valence-electron chi connectivity index (χ2n) is 4.33. The van der Waals surface area contributed by atoms with Crippen molar-refractivity contribution in [2.24, 2.45) is 0 Å². The fourth-order valence-electron chi connectivity index (χ4n) is 1.85. The van der Waals surface area contributed by atoms with Gasteiger partial charge in [0.2, 0.25) is 10.0 Å². The molecule has 1 fully saturated rings. The molecule has 0 atom stereocenters. The van der Waals surface area contributed by atoms with Crippen LogP contribution in [0.5, 0.6) is 0 Å². The van der Waals surface area contributed by atoms with Gasteiger partial charge in [0, 0.05) is 18.7 Å². The lowest BCUT2D eigenvalue weighted by atomic mass is 10.5. The van der Waals surface area contributed by atoms with Crippen LogP contribution in [0.3, 0.4) is 0 Å². The van der Waals surface area contributed by atoms with Gasteiger partial charge >= 0.3 is 0 Å². The van der Waals surface area contributed by atoms with Crippen LogP contribution in [-0.4, -0.2) is 25.3 Å². The van der Waals surface area contributed by atoms with Crippen molar-refractivity contribution >= 4 is 37.6 Å². The summed E-state index contributed by atoms with van der Waals surface area (Å²) >= 11 is 8.81. The predicted molar refractivity (Wildman–Crippen MR) is 73.2 cm³/mol. The molecule has 102 valence electrons. The average Bonchev–Trinajstić information content (AvgIpc) is 3.08. The molecule has 0 N–H and O–H groups in total. The summed E-state index contributed by atoms with van der Waals surface area (Å²) in [5, 5.41) is 0. The van der Waals surface area contributed by atoms with Gasteiger partial charge in [0.25, 0.3) is 0 Å². The molecule has 0 bridgehead atoms. The van der Waals surface area contributed by atoms with Gasteiger partial charge < -0.3 is 4.42 Å². The van der Waals surface area contributed by atoms with Crippen molar-refractivity contribution in [1.29, 1.82) is 0 Å². The maximum Gasteiger partial charge on any atom is 0.247 e. The molecule has 1 saturated carbocycles. The molecule has 0 saturated heterocycles. The topological polar surface area (TPSA) is 50.5 Å². The molecule has 1 aromatic heterocycles. The van der Waals surface area contributed by atoms with E-state index in [2.05, 4.69) is 15.9 Å². The second kappa shape index (κ2) is 5.53. The molecule has 0 radical (unpaired) electrons. The van der Waals surface area contributed by atoms with Crippen molar-refractivity contribution in [2.75, 3.05) is 6.54 Å². The zero-order valence-electron chi connectivity index (χ0n) is 10.0. The Morgan fingerprint density at radius 2 is 2.22 bits per heavy atom. The van der Waals surface area contributed by atoms with Crippen LogP contribution < -0.4 is 0 Å². The van der Waals surface area contributed by atoms with Crippen LogP contribution in [0.25, 0.3) is 0 Å². The van der Waals surface area contributed by atoms with Crippen molar-refractivity contribution in [2.45, 2.75) is 43.0 Å². The highest BCUT2D eigenvalue weighted by atomic mass is 79.9. The Bertz CT molecular complexity index is 524. The first-order chi connectivity index (χ1) is 8.50. The summed E-state index contributed by atoms with van der Waals surface area (Å²) in [6, 6.07) is 1.65. The van der Waals surface area contributed by atoms with Gasteiger partial charge in [0.15, 0.2) is 4.67 Å². The van der Waals surface area contributed by atoms with Crippen LogP contribution in [0.4, 0.5) is 0 Å². The predicted octanol–water partition coefficient (Wildman–Crippen LogP) is 3.34. The lowest BCUT2D eigenvalue weighted by Gasteiger charge is -2.20. The minimum Gasteiger partial charge on any atom is -0.452 e. The third-order valence-corrected chi connectivity index (χ3v) is 5.90. The number of furan rings is 1. The lowest BCUT2D eigenvalue weighted by molar-refractivity contribution is 0.401. The SMILES string of the molecule is CCCN(C1CC1)S(=O)(=O)c1cc(CCl)oc1Br. The number of sulfonamides is 1. The van der Waals surface area contributed by atoms with E-state index in [-0.39, 0.29) is 21.5 Å². The van der Waals surface area contributed by atoms with E-state index in [1.54, 1.807) is 4.31 Å². The fourth-order valence-corrected chi connectivity index (χ4v) is 4.72. The summed E-state index contributed by atoms with van der Waals surface area (Å²) in [6.45, 7) is 2.51. The van der Waals surface area contributed by atoms with E-state index < -0.39 is 10.0 Å². The molecule has 0 aliphatic heterocycles. The van der Waals surface area contributed by atoms with Gasteiger partial charge in [0.1, 0.15) is 10.7 Å². The van der Waals surface area contributed by atoms with Crippen LogP contribution in [0, 0.1) is 0 Å². The number of halogens is 2.